The van der Waals surface area contributed by atoms with Crippen LogP contribution in [0.15, 0.2) is 48.4 Å². The molecule has 0 saturated heterocycles. The molecule has 0 aliphatic carbocycles. The van der Waals surface area contributed by atoms with Crippen molar-refractivity contribution >= 4 is 22.1 Å². The first-order valence-corrected chi connectivity index (χ1v) is 28.4. The van der Waals surface area contributed by atoms with Crippen molar-refractivity contribution in [1.29, 1.82) is 0 Å². The molecule has 0 aliphatic heterocycles. The van der Waals surface area contributed by atoms with Crippen molar-refractivity contribution in [2.24, 2.45) is 0 Å². The minimum Gasteiger partial charge on any atom is -0.744 e. The van der Waals surface area contributed by atoms with E-state index in [1.54, 1.807) is 0 Å². The Bertz CT molecular complexity index is 1380. The molecule has 0 heterocycles. The summed E-state index contributed by atoms with van der Waals surface area (Å²) in [7, 11) is -4.82. The van der Waals surface area contributed by atoms with Gasteiger partial charge in [0.25, 0.3) is 0 Å². The van der Waals surface area contributed by atoms with Crippen molar-refractivity contribution in [2.75, 3.05) is 13.2 Å². The fraction of sp³-hybridized carbons (Fsp3) is 0.786. The Morgan fingerprint density at radius 2 is 0.631 bits per heavy atom. The third-order valence-electron chi connectivity index (χ3n) is 12.8. The third kappa shape index (κ3) is 40.8. The van der Waals surface area contributed by atoms with Crippen molar-refractivity contribution in [2.45, 2.75) is 275 Å². The van der Waals surface area contributed by atoms with Crippen LogP contribution in [0.1, 0.15) is 290 Å². The number of benzene rings is 1. The second-order valence-electron chi connectivity index (χ2n) is 18.7. The minimum absolute atomic E-state index is 0. The molecule has 7 nitrogen and oxygen atoms in total. The van der Waals surface area contributed by atoms with Crippen molar-refractivity contribution in [3.05, 3.63) is 54.6 Å². The predicted molar refractivity (Wildman–Crippen MR) is 269 cm³/mol. The van der Waals surface area contributed by atoms with Gasteiger partial charge in [0.2, 0.25) is 0 Å². The number of carbonyl (C=O) groups excluding carboxylic acids is 2. The molecule has 1 rings (SSSR count). The van der Waals surface area contributed by atoms with Gasteiger partial charge in [0.05, 0.1) is 29.2 Å². The molecule has 0 unspecified atom stereocenters. The molecule has 0 radical (unpaired) electrons. The van der Waals surface area contributed by atoms with Gasteiger partial charge in [-0.15, -0.1) is 13.2 Å². The first-order valence-electron chi connectivity index (χ1n) is 27.0. The normalized spacial score (nSPS) is 11.3. The van der Waals surface area contributed by atoms with Crippen LogP contribution in [0.5, 0.6) is 0 Å². The van der Waals surface area contributed by atoms with Crippen molar-refractivity contribution in [3.63, 3.8) is 0 Å². The van der Waals surface area contributed by atoms with Gasteiger partial charge in [-0.1, -0.05) is 243 Å². The average molecular weight is 954 g/mol. The Kier molecular flexibility index (Phi) is 47.6. The van der Waals surface area contributed by atoms with Crippen LogP contribution in [-0.2, 0) is 19.6 Å². The molecule has 0 spiro atoms. The zero-order chi connectivity index (χ0) is 46.4. The largest absolute Gasteiger partial charge is 1.00 e. The number of carbonyl (C=O) groups is 2. The summed E-state index contributed by atoms with van der Waals surface area (Å²) in [4.78, 5) is 25.4. The van der Waals surface area contributed by atoms with E-state index in [-0.39, 0.29) is 75.7 Å². The second kappa shape index (κ2) is 48.2. The van der Waals surface area contributed by atoms with E-state index in [0.29, 0.717) is 12.8 Å². The Hall–Kier alpha value is -0.814. The smallest absolute Gasteiger partial charge is 0.744 e. The molecule has 0 aliphatic rings. The van der Waals surface area contributed by atoms with Crippen LogP contribution in [-0.4, -0.2) is 38.1 Å². The van der Waals surface area contributed by atoms with Crippen molar-refractivity contribution in [1.82, 2.24) is 0 Å². The zero-order valence-corrected chi connectivity index (χ0v) is 46.1. The number of ether oxygens (including phenoxy) is 2. The van der Waals surface area contributed by atoms with Gasteiger partial charge in [0, 0.05) is 0 Å². The zero-order valence-electron chi connectivity index (χ0n) is 42.2. The van der Waals surface area contributed by atoms with Gasteiger partial charge in [-0.25, -0.2) is 18.0 Å². The van der Waals surface area contributed by atoms with Crippen LogP contribution >= 0.6 is 0 Å². The summed E-state index contributed by atoms with van der Waals surface area (Å²) >= 11 is 0. The van der Waals surface area contributed by atoms with E-state index < -0.39 is 27.0 Å². The quantitative estimate of drug-likeness (QED) is 0.0210. The summed E-state index contributed by atoms with van der Waals surface area (Å²) in [5.41, 5.74) is -0.327. The molecule has 0 amide bonds. The molecule has 0 aromatic heterocycles. The van der Waals surface area contributed by atoms with Gasteiger partial charge in [0.15, 0.2) is 0 Å². The Morgan fingerprint density at radius 1 is 0.400 bits per heavy atom. The van der Waals surface area contributed by atoms with E-state index in [1.165, 1.54) is 218 Å². The summed E-state index contributed by atoms with van der Waals surface area (Å²) in [6.45, 7) is 7.96. The van der Waals surface area contributed by atoms with Gasteiger partial charge in [-0.3, -0.25) is 0 Å². The molecular weight excluding hydrogens is 856 g/mol. The third-order valence-corrected chi connectivity index (χ3v) is 13.6. The van der Waals surface area contributed by atoms with E-state index >= 15 is 0 Å². The van der Waals surface area contributed by atoms with Crippen molar-refractivity contribution < 1.29 is 83.4 Å². The van der Waals surface area contributed by atoms with Crippen LogP contribution in [0.4, 0.5) is 0 Å². The van der Waals surface area contributed by atoms with E-state index in [9.17, 15) is 22.6 Å². The first kappa shape index (κ1) is 64.2. The number of hydrogen-bond donors (Lipinski definition) is 0. The maximum absolute atomic E-state index is 13.0. The number of unbranched alkanes of at least 4 members (excludes halogenated alkanes) is 40. The first-order chi connectivity index (χ1) is 31.3. The molecular formula is C56H97KO7S. The van der Waals surface area contributed by atoms with Crippen LogP contribution in [0.3, 0.4) is 0 Å². The van der Waals surface area contributed by atoms with E-state index in [2.05, 4.69) is 13.2 Å². The molecule has 1 aromatic rings. The molecule has 1 aromatic carbocycles. The van der Waals surface area contributed by atoms with Crippen LogP contribution < -0.4 is 51.4 Å². The fourth-order valence-electron chi connectivity index (χ4n) is 8.66. The standard InChI is InChI=1S/C56H98O7S.K/c1-3-5-7-9-11-13-15-17-19-21-23-25-27-29-31-33-35-37-39-41-43-45-49-62-55(57)53-48-47-52(64(59,60)61)51-54(53)56(58)63-50-46-44-42-40-38-36-34-32-30-28-26-24-22-20-18-16-14-12-10-8-6-4-2;/h3-4,47-48,51H,1-2,5-46,49-50H2,(H,59,60,61);/q;+1/p-1. The van der Waals surface area contributed by atoms with Crippen LogP contribution in [0.2, 0.25) is 0 Å². The van der Waals surface area contributed by atoms with Gasteiger partial charge in [-0.2, -0.15) is 0 Å². The number of rotatable bonds is 49. The van der Waals surface area contributed by atoms with Gasteiger partial charge in [0.1, 0.15) is 10.1 Å². The number of esters is 2. The summed E-state index contributed by atoms with van der Waals surface area (Å²) in [6.07, 6.45) is 57.4. The van der Waals surface area contributed by atoms with Crippen LogP contribution in [0, 0.1) is 0 Å². The van der Waals surface area contributed by atoms with Crippen LogP contribution in [0.25, 0.3) is 0 Å². The summed E-state index contributed by atoms with van der Waals surface area (Å²) in [6, 6.07) is 3.17. The molecule has 0 atom stereocenters. The monoisotopic (exact) mass is 953 g/mol. The van der Waals surface area contributed by atoms with Gasteiger partial charge < -0.3 is 14.0 Å². The summed E-state index contributed by atoms with van der Waals surface area (Å²) in [5.74, 6) is -1.54. The number of allylic oxidation sites excluding steroid dienone is 2. The topological polar surface area (TPSA) is 110 Å². The predicted octanol–water partition coefficient (Wildman–Crippen LogP) is 14.7. The molecule has 370 valence electrons. The average Bonchev–Trinajstić information content (AvgIpc) is 3.28. The summed E-state index contributed by atoms with van der Waals surface area (Å²) < 4.78 is 46.0. The molecule has 0 bridgehead atoms. The molecule has 9 heteroatoms. The molecule has 0 N–H and O–H groups in total. The number of hydrogen-bond acceptors (Lipinski definition) is 7. The Balaban J connectivity index is 0.0000410. The van der Waals surface area contributed by atoms with E-state index in [1.807, 2.05) is 12.2 Å². The molecule has 0 saturated carbocycles. The van der Waals surface area contributed by atoms with E-state index in [0.717, 1.165) is 57.1 Å². The molecule has 65 heavy (non-hydrogen) atoms. The van der Waals surface area contributed by atoms with Gasteiger partial charge >= 0.3 is 63.3 Å². The van der Waals surface area contributed by atoms with Crippen molar-refractivity contribution in [3.8, 4) is 0 Å². The Morgan fingerprint density at radius 3 is 0.877 bits per heavy atom. The maximum atomic E-state index is 13.0. The SMILES string of the molecule is C=CCCCCCCCCCCCCCCCCCCCCCCOC(=O)c1ccc(S(=O)(=O)[O-])cc1C(=O)OCCCCCCCCCCCCCCCCCCCCCCC=C.[K+]. The Labute approximate surface area is 443 Å². The second-order valence-corrected chi connectivity index (χ2v) is 20.1. The van der Waals surface area contributed by atoms with Gasteiger partial charge in [-0.05, 0) is 56.7 Å². The van der Waals surface area contributed by atoms with E-state index in [4.69, 9.17) is 9.47 Å². The fourth-order valence-corrected chi connectivity index (χ4v) is 9.15. The molecule has 0 fully saturated rings. The maximum Gasteiger partial charge on any atom is 1.00 e. The minimum atomic E-state index is -4.82. The summed E-state index contributed by atoms with van der Waals surface area (Å²) in [5, 5.41) is 0.